The lowest BCUT2D eigenvalue weighted by Crippen LogP contribution is -2.07. The lowest BCUT2D eigenvalue weighted by Gasteiger charge is -1.99. The molecule has 0 aromatic heterocycles. The predicted octanol–water partition coefficient (Wildman–Crippen LogP) is 2.30. The molecule has 1 aliphatic rings. The van der Waals surface area contributed by atoms with Crippen LogP contribution in [0, 0.1) is 4.91 Å². The molecular formula is C10H12NO+. The van der Waals surface area contributed by atoms with Crippen LogP contribution >= 0.6 is 0 Å². The average molecular weight is 162 g/mol. The van der Waals surface area contributed by atoms with Gasteiger partial charge in [-0.1, -0.05) is 30.3 Å². The first-order chi connectivity index (χ1) is 5.88. The maximum Gasteiger partial charge on any atom is 0.226 e. The van der Waals surface area contributed by atoms with E-state index in [4.69, 9.17) is 0 Å². The number of rotatable bonds is 1. The van der Waals surface area contributed by atoms with E-state index in [9.17, 15) is 4.91 Å². The zero-order valence-corrected chi connectivity index (χ0v) is 6.94. The van der Waals surface area contributed by atoms with Crippen LogP contribution in [0.3, 0.4) is 0 Å². The van der Waals surface area contributed by atoms with Crippen LogP contribution in [-0.4, -0.2) is 11.3 Å². The molecule has 1 aromatic rings. The van der Waals surface area contributed by atoms with Crippen LogP contribution in [0.25, 0.3) is 0 Å². The van der Waals surface area contributed by atoms with Crippen molar-refractivity contribution in [3.63, 3.8) is 0 Å². The fourth-order valence-electron chi connectivity index (χ4n) is 1.75. The molecule has 1 atom stereocenters. The highest BCUT2D eigenvalue weighted by Gasteiger charge is 2.32. The maximum atomic E-state index is 11.3. The van der Waals surface area contributed by atoms with Gasteiger partial charge in [0.1, 0.15) is 0 Å². The van der Waals surface area contributed by atoms with Crippen LogP contribution < -0.4 is 0 Å². The minimum atomic E-state index is 0.117. The Morgan fingerprint density at radius 2 is 2.00 bits per heavy atom. The van der Waals surface area contributed by atoms with E-state index in [0.717, 1.165) is 18.4 Å². The molecule has 0 spiro atoms. The molecular weight excluding hydrogens is 150 g/mol. The van der Waals surface area contributed by atoms with Gasteiger partial charge >= 0.3 is 0 Å². The van der Waals surface area contributed by atoms with Gasteiger partial charge in [-0.2, -0.15) is 0 Å². The van der Waals surface area contributed by atoms with Gasteiger partial charge in [-0.15, -0.1) is 0 Å². The van der Waals surface area contributed by atoms with Crippen molar-refractivity contribution in [1.29, 1.82) is 0 Å². The lowest BCUT2D eigenvalue weighted by molar-refractivity contribution is -0.570. The van der Waals surface area contributed by atoms with Crippen molar-refractivity contribution in [2.75, 3.05) is 6.54 Å². The van der Waals surface area contributed by atoms with Crippen LogP contribution in [0.2, 0.25) is 0 Å². The van der Waals surface area contributed by atoms with Gasteiger partial charge in [-0.3, -0.25) is 0 Å². The third-order valence-corrected chi connectivity index (χ3v) is 2.39. The Bertz CT molecular complexity index is 281. The zero-order valence-electron chi connectivity index (χ0n) is 6.94. The topological polar surface area (TPSA) is 20.1 Å². The molecule has 12 heavy (non-hydrogen) atoms. The monoisotopic (exact) mass is 162 g/mol. The number of nitrogens with zero attached hydrogens (tertiary/aromatic N) is 1. The van der Waals surface area contributed by atoms with E-state index in [-0.39, 0.29) is 6.04 Å². The fourth-order valence-corrected chi connectivity index (χ4v) is 1.75. The molecule has 1 aliphatic heterocycles. The summed E-state index contributed by atoms with van der Waals surface area (Å²) in [7, 11) is 0. The van der Waals surface area contributed by atoms with Crippen LogP contribution in [0.1, 0.15) is 24.4 Å². The minimum Gasteiger partial charge on any atom is -0.0622 e. The summed E-state index contributed by atoms with van der Waals surface area (Å²) in [5, 5.41) is 0. The first-order valence-corrected chi connectivity index (χ1v) is 4.36. The molecule has 2 heteroatoms. The van der Waals surface area contributed by atoms with Crippen molar-refractivity contribution in [2.24, 2.45) is 0 Å². The van der Waals surface area contributed by atoms with Crippen LogP contribution in [0.5, 0.6) is 0 Å². The van der Waals surface area contributed by atoms with Gasteiger partial charge in [0.2, 0.25) is 6.04 Å². The molecule has 0 amide bonds. The van der Waals surface area contributed by atoms with Gasteiger partial charge in [0.25, 0.3) is 0 Å². The highest BCUT2D eigenvalue weighted by atomic mass is 16.3. The summed E-state index contributed by atoms with van der Waals surface area (Å²) in [5.41, 5.74) is 1.16. The lowest BCUT2D eigenvalue weighted by atomic mass is 10.1. The summed E-state index contributed by atoms with van der Waals surface area (Å²) in [6.07, 6.45) is 2.04. The summed E-state index contributed by atoms with van der Waals surface area (Å²) in [5.74, 6) is 0. The molecule has 1 aromatic carbocycles. The predicted molar refractivity (Wildman–Crippen MR) is 46.9 cm³/mol. The Hall–Kier alpha value is -1.18. The minimum absolute atomic E-state index is 0.117. The van der Waals surface area contributed by atoms with Crippen molar-refractivity contribution >= 4 is 0 Å². The van der Waals surface area contributed by atoms with Gasteiger partial charge in [0.05, 0.1) is 0 Å². The third-order valence-electron chi connectivity index (χ3n) is 2.39. The normalized spacial score (nSPS) is 23.0. The molecule has 0 aliphatic carbocycles. The van der Waals surface area contributed by atoms with Crippen molar-refractivity contribution in [3.8, 4) is 0 Å². The number of nitroso groups, excluding NO2 is 1. The smallest absolute Gasteiger partial charge is 0.0622 e. The van der Waals surface area contributed by atoms with Crippen molar-refractivity contribution in [1.82, 2.24) is 0 Å². The average Bonchev–Trinajstić information content (AvgIpc) is 2.53. The van der Waals surface area contributed by atoms with Crippen LogP contribution in [-0.2, 0) is 0 Å². The number of hydrogen-bond acceptors (Lipinski definition) is 1. The quantitative estimate of drug-likeness (QED) is 0.580. The van der Waals surface area contributed by atoms with Crippen LogP contribution in [0.15, 0.2) is 30.3 Å². The van der Waals surface area contributed by atoms with E-state index in [1.165, 1.54) is 4.76 Å². The number of benzene rings is 1. The van der Waals surface area contributed by atoms with E-state index >= 15 is 0 Å². The van der Waals surface area contributed by atoms with Crippen molar-refractivity contribution in [3.05, 3.63) is 40.8 Å². The Balaban J connectivity index is 2.25. The van der Waals surface area contributed by atoms with Crippen molar-refractivity contribution < 1.29 is 4.76 Å². The van der Waals surface area contributed by atoms with Gasteiger partial charge in [-0.05, 0) is 0 Å². The zero-order chi connectivity index (χ0) is 8.39. The summed E-state index contributed by atoms with van der Waals surface area (Å²) >= 11 is 0. The van der Waals surface area contributed by atoms with E-state index in [1.54, 1.807) is 0 Å². The summed E-state index contributed by atoms with van der Waals surface area (Å²) in [4.78, 5) is 11.3. The molecule has 2 nitrogen and oxygen atoms in total. The summed E-state index contributed by atoms with van der Waals surface area (Å²) < 4.78 is 1.19. The largest absolute Gasteiger partial charge is 0.226 e. The van der Waals surface area contributed by atoms with E-state index in [2.05, 4.69) is 0 Å². The second kappa shape index (κ2) is 3.05. The van der Waals surface area contributed by atoms with E-state index in [1.807, 2.05) is 30.3 Å². The first kappa shape index (κ1) is 7.47. The molecule has 1 heterocycles. The second-order valence-electron chi connectivity index (χ2n) is 3.21. The van der Waals surface area contributed by atoms with Gasteiger partial charge in [-0.25, -0.2) is 0 Å². The Morgan fingerprint density at radius 1 is 1.25 bits per heavy atom. The van der Waals surface area contributed by atoms with Gasteiger partial charge < -0.3 is 0 Å². The molecule has 1 unspecified atom stereocenters. The van der Waals surface area contributed by atoms with E-state index < -0.39 is 0 Å². The van der Waals surface area contributed by atoms with Gasteiger partial charge in [0, 0.05) is 28.1 Å². The van der Waals surface area contributed by atoms with Crippen LogP contribution in [0.4, 0.5) is 0 Å². The molecule has 0 bridgehead atoms. The Labute approximate surface area is 71.8 Å². The van der Waals surface area contributed by atoms with Gasteiger partial charge in [0.15, 0.2) is 6.54 Å². The maximum absolute atomic E-state index is 11.3. The third kappa shape index (κ3) is 1.24. The molecule has 1 fully saturated rings. The molecule has 0 saturated carbocycles. The summed E-state index contributed by atoms with van der Waals surface area (Å²) in [6.45, 7) is 0.694. The Morgan fingerprint density at radius 3 is 2.58 bits per heavy atom. The Kier molecular flexibility index (Phi) is 1.90. The SMILES string of the molecule is O=[N+]1CCCC1c1ccccc1. The van der Waals surface area contributed by atoms with E-state index in [0.29, 0.717) is 6.54 Å². The summed E-state index contributed by atoms with van der Waals surface area (Å²) in [6, 6.07) is 10.1. The first-order valence-electron chi connectivity index (χ1n) is 4.36. The molecule has 62 valence electrons. The highest BCUT2D eigenvalue weighted by molar-refractivity contribution is 5.17. The fraction of sp³-hybridized carbons (Fsp3) is 0.400. The standard InChI is InChI=1S/C10H12NO/c12-11-8-4-7-10(11)9-5-2-1-3-6-9/h1-3,5-6,10H,4,7-8H2/q+1. The molecule has 0 N–H and O–H groups in total. The molecule has 0 radical (unpaired) electrons. The van der Waals surface area contributed by atoms with Crippen molar-refractivity contribution in [2.45, 2.75) is 18.9 Å². The molecule has 1 saturated heterocycles. The number of hydrogen-bond donors (Lipinski definition) is 0. The highest BCUT2D eigenvalue weighted by Crippen LogP contribution is 2.27. The molecule has 2 rings (SSSR count). The second-order valence-corrected chi connectivity index (χ2v) is 3.21.